The molecule has 5 nitrogen and oxygen atoms in total. The van der Waals surface area contributed by atoms with Crippen LogP contribution in [0.5, 0.6) is 0 Å². The number of piperidine rings is 1. The average molecular weight is 383 g/mol. The van der Waals surface area contributed by atoms with E-state index in [1.165, 1.54) is 22.9 Å². The molecule has 0 unspecified atom stereocenters. The zero-order valence-corrected chi connectivity index (χ0v) is 16.1. The summed E-state index contributed by atoms with van der Waals surface area (Å²) in [6.07, 6.45) is 7.85. The van der Waals surface area contributed by atoms with Crippen LogP contribution < -0.4 is 0 Å². The number of amides is 1. The van der Waals surface area contributed by atoms with Gasteiger partial charge in [-0.2, -0.15) is 4.31 Å². The Hall–Kier alpha value is -1.47. The molecule has 2 fully saturated rings. The number of halogens is 1. The molecule has 3 rings (SSSR count). The molecule has 1 aromatic rings. The predicted octanol–water partition coefficient (Wildman–Crippen LogP) is 3.41. The highest BCUT2D eigenvalue weighted by molar-refractivity contribution is 7.89. The molecular formula is C19H27FN2O3S. The van der Waals surface area contributed by atoms with Crippen LogP contribution in [0.4, 0.5) is 4.39 Å². The lowest BCUT2D eigenvalue weighted by Gasteiger charge is -2.31. The van der Waals surface area contributed by atoms with Gasteiger partial charge >= 0.3 is 0 Å². The van der Waals surface area contributed by atoms with E-state index in [0.717, 1.165) is 51.0 Å². The summed E-state index contributed by atoms with van der Waals surface area (Å²) in [6, 6.07) is 3.86. The molecule has 1 saturated heterocycles. The third kappa shape index (κ3) is 3.93. The molecule has 26 heavy (non-hydrogen) atoms. The lowest BCUT2D eigenvalue weighted by molar-refractivity contribution is 0.0696. The van der Waals surface area contributed by atoms with Gasteiger partial charge in [0.15, 0.2) is 0 Å². The fraction of sp³-hybridized carbons (Fsp3) is 0.632. The molecule has 0 N–H and O–H groups in total. The minimum atomic E-state index is -3.91. The van der Waals surface area contributed by atoms with Gasteiger partial charge in [-0.3, -0.25) is 4.79 Å². The maximum absolute atomic E-state index is 14.3. The Morgan fingerprint density at radius 2 is 1.69 bits per heavy atom. The van der Waals surface area contributed by atoms with Gasteiger partial charge in [-0.25, -0.2) is 12.8 Å². The van der Waals surface area contributed by atoms with Crippen molar-refractivity contribution in [2.75, 3.05) is 20.1 Å². The highest BCUT2D eigenvalue weighted by Crippen LogP contribution is 2.26. The summed E-state index contributed by atoms with van der Waals surface area (Å²) in [5, 5.41) is 0. The van der Waals surface area contributed by atoms with Crippen molar-refractivity contribution in [2.45, 2.75) is 62.3 Å². The molecule has 1 saturated carbocycles. The van der Waals surface area contributed by atoms with Gasteiger partial charge in [0.2, 0.25) is 10.0 Å². The normalized spacial score (nSPS) is 20.1. The molecule has 0 radical (unpaired) electrons. The van der Waals surface area contributed by atoms with Crippen molar-refractivity contribution in [3.05, 3.63) is 29.6 Å². The molecule has 1 aromatic carbocycles. The first kappa shape index (κ1) is 19.3. The maximum Gasteiger partial charge on any atom is 0.253 e. The van der Waals surface area contributed by atoms with Crippen molar-refractivity contribution in [3.8, 4) is 0 Å². The van der Waals surface area contributed by atoms with Crippen LogP contribution in [0, 0.1) is 5.82 Å². The van der Waals surface area contributed by atoms with E-state index in [1.807, 2.05) is 0 Å². The Balaban J connectivity index is 1.86. The van der Waals surface area contributed by atoms with Crippen molar-refractivity contribution in [1.82, 2.24) is 9.21 Å². The summed E-state index contributed by atoms with van der Waals surface area (Å²) < 4.78 is 41.3. The molecule has 1 aliphatic heterocycles. The summed E-state index contributed by atoms with van der Waals surface area (Å²) in [7, 11) is -2.16. The second kappa shape index (κ2) is 8.05. The van der Waals surface area contributed by atoms with Crippen LogP contribution in [0.15, 0.2) is 23.1 Å². The molecule has 1 heterocycles. The van der Waals surface area contributed by atoms with E-state index < -0.39 is 15.8 Å². The zero-order chi connectivity index (χ0) is 18.7. The van der Waals surface area contributed by atoms with Crippen LogP contribution in [-0.4, -0.2) is 49.7 Å². The number of carbonyl (C=O) groups excluding carboxylic acids is 1. The van der Waals surface area contributed by atoms with Crippen LogP contribution in [0.2, 0.25) is 0 Å². The zero-order valence-electron chi connectivity index (χ0n) is 15.3. The fourth-order valence-corrected chi connectivity index (χ4v) is 5.52. The first-order chi connectivity index (χ1) is 12.4. The SMILES string of the molecule is CN(C(=O)c1ccc(F)c(S(=O)(=O)N2CCCCC2)c1)C1CCCCC1. The summed E-state index contributed by atoms with van der Waals surface area (Å²) >= 11 is 0. The third-order valence-corrected chi connectivity index (χ3v) is 7.47. The Morgan fingerprint density at radius 1 is 1.08 bits per heavy atom. The number of carbonyl (C=O) groups is 1. The largest absolute Gasteiger partial charge is 0.339 e. The first-order valence-corrected chi connectivity index (χ1v) is 10.9. The molecule has 0 aromatic heterocycles. The minimum Gasteiger partial charge on any atom is -0.339 e. The van der Waals surface area contributed by atoms with Crippen molar-refractivity contribution >= 4 is 15.9 Å². The van der Waals surface area contributed by atoms with Crippen LogP contribution in [-0.2, 0) is 10.0 Å². The molecule has 1 aliphatic carbocycles. The van der Waals surface area contributed by atoms with Gasteiger partial charge in [0.1, 0.15) is 10.7 Å². The van der Waals surface area contributed by atoms with Gasteiger partial charge < -0.3 is 4.90 Å². The minimum absolute atomic E-state index is 0.170. The van der Waals surface area contributed by atoms with E-state index in [-0.39, 0.29) is 22.4 Å². The number of hydrogen-bond acceptors (Lipinski definition) is 3. The van der Waals surface area contributed by atoms with Crippen molar-refractivity contribution in [1.29, 1.82) is 0 Å². The second-order valence-electron chi connectivity index (χ2n) is 7.32. The van der Waals surface area contributed by atoms with Gasteiger partial charge in [0, 0.05) is 31.7 Å². The molecule has 0 bridgehead atoms. The molecule has 7 heteroatoms. The van der Waals surface area contributed by atoms with Crippen LogP contribution >= 0.6 is 0 Å². The Labute approximate surface area is 155 Å². The van der Waals surface area contributed by atoms with E-state index in [2.05, 4.69) is 0 Å². The third-order valence-electron chi connectivity index (χ3n) is 5.55. The van der Waals surface area contributed by atoms with Crippen molar-refractivity contribution < 1.29 is 17.6 Å². The van der Waals surface area contributed by atoms with Gasteiger partial charge in [-0.1, -0.05) is 25.7 Å². The molecule has 0 spiro atoms. The Kier molecular flexibility index (Phi) is 5.97. The van der Waals surface area contributed by atoms with Crippen LogP contribution in [0.25, 0.3) is 0 Å². The number of hydrogen-bond donors (Lipinski definition) is 0. The summed E-state index contributed by atoms with van der Waals surface area (Å²) in [5.41, 5.74) is 0.232. The smallest absolute Gasteiger partial charge is 0.253 e. The quantitative estimate of drug-likeness (QED) is 0.802. The Bertz CT molecular complexity index is 754. The molecule has 1 amide bonds. The van der Waals surface area contributed by atoms with Crippen molar-refractivity contribution in [3.63, 3.8) is 0 Å². The second-order valence-corrected chi connectivity index (χ2v) is 9.22. The predicted molar refractivity (Wildman–Crippen MR) is 98.0 cm³/mol. The summed E-state index contributed by atoms with van der Waals surface area (Å²) in [4.78, 5) is 14.1. The van der Waals surface area contributed by atoms with Gasteiger partial charge in [-0.05, 0) is 43.9 Å². The standard InChI is InChI=1S/C19H27FN2O3S/c1-21(16-8-4-2-5-9-16)19(23)15-10-11-17(20)18(14-15)26(24,25)22-12-6-3-7-13-22/h10-11,14,16H,2-9,12-13H2,1H3. The van der Waals surface area contributed by atoms with E-state index in [0.29, 0.717) is 13.1 Å². The van der Waals surface area contributed by atoms with E-state index in [1.54, 1.807) is 11.9 Å². The Morgan fingerprint density at radius 3 is 2.35 bits per heavy atom. The average Bonchev–Trinajstić information content (AvgIpc) is 2.68. The van der Waals surface area contributed by atoms with Gasteiger partial charge in [-0.15, -0.1) is 0 Å². The highest BCUT2D eigenvalue weighted by Gasteiger charge is 2.30. The molecule has 0 atom stereocenters. The summed E-state index contributed by atoms with van der Waals surface area (Å²) in [6.45, 7) is 0.809. The van der Waals surface area contributed by atoms with Gasteiger partial charge in [0.05, 0.1) is 0 Å². The number of rotatable bonds is 4. The first-order valence-electron chi connectivity index (χ1n) is 9.48. The summed E-state index contributed by atoms with van der Waals surface area (Å²) in [5.74, 6) is -1.04. The van der Waals surface area contributed by atoms with E-state index in [9.17, 15) is 17.6 Å². The number of sulfonamides is 1. The molecular weight excluding hydrogens is 355 g/mol. The van der Waals surface area contributed by atoms with Crippen LogP contribution in [0.1, 0.15) is 61.7 Å². The lowest BCUT2D eigenvalue weighted by Crippen LogP contribution is -2.38. The maximum atomic E-state index is 14.3. The molecule has 2 aliphatic rings. The van der Waals surface area contributed by atoms with Crippen molar-refractivity contribution in [2.24, 2.45) is 0 Å². The van der Waals surface area contributed by atoms with E-state index in [4.69, 9.17) is 0 Å². The van der Waals surface area contributed by atoms with Crippen LogP contribution in [0.3, 0.4) is 0 Å². The number of benzene rings is 1. The van der Waals surface area contributed by atoms with E-state index >= 15 is 0 Å². The topological polar surface area (TPSA) is 57.7 Å². The van der Waals surface area contributed by atoms with Gasteiger partial charge in [0.25, 0.3) is 5.91 Å². The monoisotopic (exact) mass is 382 g/mol. The fourth-order valence-electron chi connectivity index (χ4n) is 3.92. The molecule has 144 valence electrons. The highest BCUT2D eigenvalue weighted by atomic mass is 32.2. The number of nitrogens with zero attached hydrogens (tertiary/aromatic N) is 2. The lowest BCUT2D eigenvalue weighted by atomic mass is 9.94.